The second kappa shape index (κ2) is 6.29. The van der Waals surface area contributed by atoms with Crippen LogP contribution in [-0.4, -0.2) is 15.0 Å². The van der Waals surface area contributed by atoms with Gasteiger partial charge in [0.05, 0.1) is 5.69 Å². The zero-order chi connectivity index (χ0) is 17.6. The SMILES string of the molecule is Cc1c(S(=O)(=O)Nc2cccc3c2CCNC3)sc2ccc(Cl)cc12. The summed E-state index contributed by atoms with van der Waals surface area (Å²) in [6.45, 7) is 3.45. The average molecular weight is 393 g/mol. The van der Waals surface area contributed by atoms with Gasteiger partial charge < -0.3 is 5.32 Å². The summed E-state index contributed by atoms with van der Waals surface area (Å²) in [7, 11) is -3.65. The van der Waals surface area contributed by atoms with E-state index in [-0.39, 0.29) is 0 Å². The molecule has 0 fully saturated rings. The van der Waals surface area contributed by atoms with Crippen LogP contribution in [0.2, 0.25) is 5.02 Å². The molecule has 0 spiro atoms. The quantitative estimate of drug-likeness (QED) is 0.698. The molecule has 2 heterocycles. The molecular weight excluding hydrogens is 376 g/mol. The number of halogens is 1. The van der Waals surface area contributed by atoms with Crippen LogP contribution < -0.4 is 10.0 Å². The summed E-state index contributed by atoms with van der Waals surface area (Å²) in [5.41, 5.74) is 3.63. The van der Waals surface area contributed by atoms with Gasteiger partial charge in [0.25, 0.3) is 10.0 Å². The highest BCUT2D eigenvalue weighted by atomic mass is 35.5. The van der Waals surface area contributed by atoms with Crippen molar-refractivity contribution in [1.82, 2.24) is 5.32 Å². The zero-order valence-electron chi connectivity index (χ0n) is 13.6. The summed E-state index contributed by atoms with van der Waals surface area (Å²) >= 11 is 7.33. The van der Waals surface area contributed by atoms with Gasteiger partial charge in [0, 0.05) is 16.3 Å². The smallest absolute Gasteiger partial charge is 0.271 e. The summed E-state index contributed by atoms with van der Waals surface area (Å²) in [5.74, 6) is 0. The average Bonchev–Trinajstić information content (AvgIpc) is 2.92. The molecule has 0 aliphatic carbocycles. The lowest BCUT2D eigenvalue weighted by Crippen LogP contribution is -2.25. The number of hydrogen-bond acceptors (Lipinski definition) is 4. The van der Waals surface area contributed by atoms with E-state index in [0.29, 0.717) is 14.9 Å². The van der Waals surface area contributed by atoms with E-state index in [0.717, 1.165) is 46.3 Å². The van der Waals surface area contributed by atoms with Crippen LogP contribution in [0.15, 0.2) is 40.6 Å². The summed E-state index contributed by atoms with van der Waals surface area (Å²) in [5, 5.41) is 4.80. The maximum Gasteiger partial charge on any atom is 0.271 e. The van der Waals surface area contributed by atoms with Crippen LogP contribution in [0.25, 0.3) is 10.1 Å². The van der Waals surface area contributed by atoms with Crippen molar-refractivity contribution < 1.29 is 8.42 Å². The Bertz CT molecular complexity index is 1070. The van der Waals surface area contributed by atoms with Gasteiger partial charge in [-0.3, -0.25) is 4.72 Å². The number of hydrogen-bond donors (Lipinski definition) is 2. The molecule has 130 valence electrons. The fourth-order valence-electron chi connectivity index (χ4n) is 3.25. The van der Waals surface area contributed by atoms with Gasteiger partial charge in [-0.05, 0) is 66.2 Å². The van der Waals surface area contributed by atoms with Gasteiger partial charge in [-0.2, -0.15) is 0 Å². The number of thiophene rings is 1. The molecule has 0 radical (unpaired) electrons. The van der Waals surface area contributed by atoms with E-state index >= 15 is 0 Å². The molecule has 0 bridgehead atoms. The normalized spacial score (nSPS) is 14.5. The van der Waals surface area contributed by atoms with Crippen molar-refractivity contribution in [3.63, 3.8) is 0 Å². The van der Waals surface area contributed by atoms with Gasteiger partial charge in [-0.15, -0.1) is 11.3 Å². The highest BCUT2D eigenvalue weighted by molar-refractivity contribution is 7.94. The van der Waals surface area contributed by atoms with Crippen molar-refractivity contribution in [2.75, 3.05) is 11.3 Å². The minimum absolute atomic E-state index is 0.344. The number of sulfonamides is 1. The molecule has 1 aliphatic rings. The lowest BCUT2D eigenvalue weighted by molar-refractivity contribution is 0.602. The summed E-state index contributed by atoms with van der Waals surface area (Å²) in [6.07, 6.45) is 0.815. The first-order chi connectivity index (χ1) is 12.0. The van der Waals surface area contributed by atoms with Crippen molar-refractivity contribution in [3.8, 4) is 0 Å². The Labute approximate surface area is 155 Å². The third-order valence-corrected chi connectivity index (χ3v) is 7.98. The topological polar surface area (TPSA) is 58.2 Å². The van der Waals surface area contributed by atoms with Crippen LogP contribution in [0.5, 0.6) is 0 Å². The molecule has 0 atom stereocenters. The number of nitrogens with one attached hydrogen (secondary N) is 2. The molecule has 0 saturated carbocycles. The fourth-order valence-corrected chi connectivity index (χ4v) is 6.26. The van der Waals surface area contributed by atoms with Crippen molar-refractivity contribution in [1.29, 1.82) is 0 Å². The highest BCUT2D eigenvalue weighted by Gasteiger charge is 2.24. The molecule has 7 heteroatoms. The first-order valence-electron chi connectivity index (χ1n) is 7.99. The molecule has 1 aromatic heterocycles. The van der Waals surface area contributed by atoms with Crippen molar-refractivity contribution in [2.24, 2.45) is 0 Å². The third kappa shape index (κ3) is 3.04. The largest absolute Gasteiger partial charge is 0.312 e. The molecule has 2 aromatic carbocycles. The molecule has 3 aromatic rings. The summed E-state index contributed by atoms with van der Waals surface area (Å²) < 4.78 is 30.1. The number of fused-ring (bicyclic) bond motifs is 2. The van der Waals surface area contributed by atoms with Crippen LogP contribution in [0.4, 0.5) is 5.69 Å². The fraction of sp³-hybridized carbons (Fsp3) is 0.222. The van der Waals surface area contributed by atoms with E-state index in [9.17, 15) is 8.42 Å². The van der Waals surface area contributed by atoms with E-state index in [4.69, 9.17) is 11.6 Å². The molecular formula is C18H17ClN2O2S2. The van der Waals surface area contributed by atoms with E-state index in [2.05, 4.69) is 10.0 Å². The Morgan fingerprint density at radius 1 is 1.24 bits per heavy atom. The van der Waals surface area contributed by atoms with Crippen LogP contribution in [0, 0.1) is 6.92 Å². The Hall–Kier alpha value is -1.60. The van der Waals surface area contributed by atoms with Crippen LogP contribution in [0.3, 0.4) is 0 Å². The summed E-state index contributed by atoms with van der Waals surface area (Å²) in [4.78, 5) is 0. The first-order valence-corrected chi connectivity index (χ1v) is 10.7. The molecule has 4 rings (SSSR count). The number of rotatable bonds is 3. The van der Waals surface area contributed by atoms with Gasteiger partial charge >= 0.3 is 0 Å². The maximum atomic E-state index is 13.0. The van der Waals surface area contributed by atoms with Gasteiger partial charge in [0.2, 0.25) is 0 Å². The predicted octanol–water partition coefficient (Wildman–Crippen LogP) is 4.31. The number of aryl methyl sites for hydroxylation is 1. The first kappa shape index (κ1) is 16.8. The second-order valence-corrected chi connectivity index (χ2v) is 9.50. The zero-order valence-corrected chi connectivity index (χ0v) is 16.0. The van der Waals surface area contributed by atoms with E-state index in [1.807, 2.05) is 37.3 Å². The van der Waals surface area contributed by atoms with Gasteiger partial charge in [0.15, 0.2) is 0 Å². The van der Waals surface area contributed by atoms with Gasteiger partial charge in [-0.25, -0.2) is 8.42 Å². The van der Waals surface area contributed by atoms with Gasteiger partial charge in [0.1, 0.15) is 4.21 Å². The lowest BCUT2D eigenvalue weighted by atomic mass is 9.99. The van der Waals surface area contributed by atoms with Crippen molar-refractivity contribution in [3.05, 3.63) is 58.1 Å². The third-order valence-electron chi connectivity index (χ3n) is 4.48. The number of anilines is 1. The van der Waals surface area contributed by atoms with Crippen LogP contribution in [-0.2, 0) is 23.0 Å². The minimum atomic E-state index is -3.65. The predicted molar refractivity (Wildman–Crippen MR) is 104 cm³/mol. The Kier molecular flexibility index (Phi) is 4.24. The standard InChI is InChI=1S/C18H17ClN2O2S2/c1-11-15-9-13(19)5-6-17(15)24-18(11)25(22,23)21-16-4-2-3-12-10-20-8-7-14(12)16/h2-6,9,20-21H,7-8,10H2,1H3. The Morgan fingerprint density at radius 3 is 2.92 bits per heavy atom. The highest BCUT2D eigenvalue weighted by Crippen LogP contribution is 2.37. The molecule has 0 unspecified atom stereocenters. The molecule has 1 aliphatic heterocycles. The van der Waals surface area contributed by atoms with Gasteiger partial charge in [-0.1, -0.05) is 23.7 Å². The molecule has 25 heavy (non-hydrogen) atoms. The maximum absolute atomic E-state index is 13.0. The summed E-state index contributed by atoms with van der Waals surface area (Å²) in [6, 6.07) is 11.2. The number of benzene rings is 2. The molecule has 0 saturated heterocycles. The Morgan fingerprint density at radius 2 is 2.08 bits per heavy atom. The Balaban J connectivity index is 1.77. The monoisotopic (exact) mass is 392 g/mol. The van der Waals surface area contributed by atoms with Crippen molar-refractivity contribution in [2.45, 2.75) is 24.1 Å². The molecule has 2 N–H and O–H groups in total. The van der Waals surface area contributed by atoms with Crippen LogP contribution in [0.1, 0.15) is 16.7 Å². The van der Waals surface area contributed by atoms with Crippen molar-refractivity contribution >= 4 is 48.7 Å². The van der Waals surface area contributed by atoms with Crippen LogP contribution >= 0.6 is 22.9 Å². The molecule has 0 amide bonds. The van der Waals surface area contributed by atoms with E-state index < -0.39 is 10.0 Å². The lowest BCUT2D eigenvalue weighted by Gasteiger charge is -2.20. The molecule has 4 nitrogen and oxygen atoms in total. The van der Waals surface area contributed by atoms with E-state index in [1.165, 1.54) is 11.3 Å². The minimum Gasteiger partial charge on any atom is -0.312 e. The second-order valence-electron chi connectivity index (χ2n) is 6.13. The van der Waals surface area contributed by atoms with E-state index in [1.54, 1.807) is 6.07 Å².